The smallest absolute Gasteiger partial charge is 0.263 e. The zero-order chi connectivity index (χ0) is 15.0. The summed E-state index contributed by atoms with van der Waals surface area (Å²) >= 11 is 1.49. The van der Waals surface area contributed by atoms with Crippen molar-refractivity contribution in [2.45, 2.75) is 38.1 Å². The second-order valence-corrected chi connectivity index (χ2v) is 7.36. The van der Waals surface area contributed by atoms with Crippen molar-refractivity contribution in [2.75, 3.05) is 20.6 Å². The summed E-state index contributed by atoms with van der Waals surface area (Å²) in [4.78, 5) is 29.0. The first-order chi connectivity index (χ1) is 10.0. The Balaban J connectivity index is 1.76. The number of carbonyl (C=O) groups is 2. The molecule has 114 valence electrons. The van der Waals surface area contributed by atoms with Crippen LogP contribution in [0.5, 0.6) is 0 Å². The summed E-state index contributed by atoms with van der Waals surface area (Å²) < 4.78 is 0. The Labute approximate surface area is 129 Å². The third-order valence-electron chi connectivity index (χ3n) is 5.19. The van der Waals surface area contributed by atoms with E-state index < -0.39 is 0 Å². The first-order valence-electron chi connectivity index (χ1n) is 7.58. The standard InChI is InChI=1S/C16H22N2O2S/c1-17(15(20)12-5-4-10-21-12)11-16-8-3-6-13(16)18(2)14(19)7-9-16/h4-5,10,13H,3,6-9,11H2,1-2H3. The van der Waals surface area contributed by atoms with Gasteiger partial charge in [0.25, 0.3) is 5.91 Å². The van der Waals surface area contributed by atoms with Crippen LogP contribution in [0.1, 0.15) is 41.8 Å². The minimum absolute atomic E-state index is 0.101. The van der Waals surface area contributed by atoms with Gasteiger partial charge in [-0.2, -0.15) is 0 Å². The van der Waals surface area contributed by atoms with Gasteiger partial charge >= 0.3 is 0 Å². The largest absolute Gasteiger partial charge is 0.342 e. The van der Waals surface area contributed by atoms with Gasteiger partial charge < -0.3 is 9.80 Å². The van der Waals surface area contributed by atoms with E-state index in [4.69, 9.17) is 0 Å². The van der Waals surface area contributed by atoms with Gasteiger partial charge in [-0.25, -0.2) is 0 Å². The molecule has 3 rings (SSSR count). The molecule has 4 nitrogen and oxygen atoms in total. The van der Waals surface area contributed by atoms with Crippen molar-refractivity contribution in [1.82, 2.24) is 9.80 Å². The molecule has 1 saturated heterocycles. The van der Waals surface area contributed by atoms with Gasteiger partial charge in [-0.15, -0.1) is 11.3 Å². The molecule has 2 heterocycles. The fourth-order valence-corrected chi connectivity index (χ4v) is 4.84. The maximum atomic E-state index is 12.5. The molecule has 2 fully saturated rings. The number of thiophene rings is 1. The zero-order valence-electron chi connectivity index (χ0n) is 12.7. The Kier molecular flexibility index (Phi) is 3.78. The van der Waals surface area contributed by atoms with Crippen molar-refractivity contribution in [3.8, 4) is 0 Å². The third-order valence-corrected chi connectivity index (χ3v) is 6.05. The summed E-state index contributed by atoms with van der Waals surface area (Å²) in [6.07, 6.45) is 4.89. The minimum Gasteiger partial charge on any atom is -0.342 e. The number of rotatable bonds is 3. The topological polar surface area (TPSA) is 40.6 Å². The number of amides is 2. The predicted octanol–water partition coefficient (Wildman–Crippen LogP) is 2.61. The molecular formula is C16H22N2O2S. The molecule has 2 amide bonds. The molecule has 0 N–H and O–H groups in total. The van der Waals surface area contributed by atoms with Gasteiger partial charge in [0.15, 0.2) is 0 Å². The highest BCUT2D eigenvalue weighted by Gasteiger charge is 2.49. The quantitative estimate of drug-likeness (QED) is 0.861. The van der Waals surface area contributed by atoms with E-state index in [9.17, 15) is 9.59 Å². The molecule has 21 heavy (non-hydrogen) atoms. The highest BCUT2D eigenvalue weighted by Crippen LogP contribution is 2.48. The van der Waals surface area contributed by atoms with Crippen LogP contribution in [0.15, 0.2) is 17.5 Å². The highest BCUT2D eigenvalue weighted by atomic mass is 32.1. The van der Waals surface area contributed by atoms with E-state index in [0.717, 1.165) is 37.1 Å². The molecule has 0 spiro atoms. The molecule has 0 bridgehead atoms. The summed E-state index contributed by atoms with van der Waals surface area (Å²) in [5.74, 6) is 0.356. The van der Waals surface area contributed by atoms with E-state index in [2.05, 4.69) is 0 Å². The molecule has 1 aliphatic heterocycles. The lowest BCUT2D eigenvalue weighted by atomic mass is 9.74. The van der Waals surface area contributed by atoms with Crippen molar-refractivity contribution < 1.29 is 9.59 Å². The molecule has 2 aliphatic rings. The number of likely N-dealkylation sites (tertiary alicyclic amines) is 1. The Morgan fingerprint density at radius 1 is 1.52 bits per heavy atom. The minimum atomic E-state index is 0.101. The Hall–Kier alpha value is -1.36. The molecule has 0 aromatic carbocycles. The van der Waals surface area contributed by atoms with E-state index in [0.29, 0.717) is 12.5 Å². The van der Waals surface area contributed by atoms with Gasteiger partial charge in [0.1, 0.15) is 0 Å². The van der Waals surface area contributed by atoms with Gasteiger partial charge in [-0.05, 0) is 30.7 Å². The van der Waals surface area contributed by atoms with Crippen LogP contribution in [-0.2, 0) is 4.79 Å². The van der Waals surface area contributed by atoms with Gasteiger partial charge in [0.2, 0.25) is 5.91 Å². The molecule has 5 heteroatoms. The van der Waals surface area contributed by atoms with Crippen molar-refractivity contribution in [3.63, 3.8) is 0 Å². The average molecular weight is 306 g/mol. The van der Waals surface area contributed by atoms with E-state index >= 15 is 0 Å². The first-order valence-corrected chi connectivity index (χ1v) is 8.46. The van der Waals surface area contributed by atoms with Crippen LogP contribution in [0.2, 0.25) is 0 Å². The van der Waals surface area contributed by atoms with Crippen molar-refractivity contribution in [3.05, 3.63) is 22.4 Å². The van der Waals surface area contributed by atoms with E-state index in [1.165, 1.54) is 11.3 Å². The maximum Gasteiger partial charge on any atom is 0.263 e. The van der Waals surface area contributed by atoms with Gasteiger partial charge in [0, 0.05) is 38.5 Å². The number of fused-ring (bicyclic) bond motifs is 1. The highest BCUT2D eigenvalue weighted by molar-refractivity contribution is 7.12. The van der Waals surface area contributed by atoms with Crippen LogP contribution in [0.4, 0.5) is 0 Å². The second kappa shape index (κ2) is 5.44. The third kappa shape index (κ3) is 2.48. The Bertz CT molecular complexity index is 542. The molecule has 2 atom stereocenters. The van der Waals surface area contributed by atoms with Crippen LogP contribution in [0, 0.1) is 5.41 Å². The Morgan fingerprint density at radius 3 is 3.05 bits per heavy atom. The maximum absolute atomic E-state index is 12.5. The summed E-state index contributed by atoms with van der Waals surface area (Å²) in [6.45, 7) is 0.756. The van der Waals surface area contributed by atoms with Gasteiger partial charge in [0.05, 0.1) is 4.88 Å². The SMILES string of the molecule is CN(CC12CCCC1N(C)C(=O)CC2)C(=O)c1cccs1. The van der Waals surface area contributed by atoms with Crippen molar-refractivity contribution in [1.29, 1.82) is 0 Å². The molecule has 2 unspecified atom stereocenters. The predicted molar refractivity (Wildman–Crippen MR) is 83.4 cm³/mol. The number of nitrogens with zero attached hydrogens (tertiary/aromatic N) is 2. The summed E-state index contributed by atoms with van der Waals surface area (Å²) in [5, 5.41) is 1.94. The Morgan fingerprint density at radius 2 is 2.33 bits per heavy atom. The first kappa shape index (κ1) is 14.6. The lowest BCUT2D eigenvalue weighted by Crippen LogP contribution is -2.54. The average Bonchev–Trinajstić information content (AvgIpc) is 3.12. The van der Waals surface area contributed by atoms with Crippen molar-refractivity contribution >= 4 is 23.2 Å². The number of hydrogen-bond donors (Lipinski definition) is 0. The fraction of sp³-hybridized carbons (Fsp3) is 0.625. The molecule has 1 aromatic heterocycles. The van der Waals surface area contributed by atoms with Crippen LogP contribution in [-0.4, -0.2) is 48.3 Å². The molecule has 0 radical (unpaired) electrons. The molecular weight excluding hydrogens is 284 g/mol. The number of carbonyl (C=O) groups excluding carboxylic acids is 2. The van der Waals surface area contributed by atoms with Crippen LogP contribution < -0.4 is 0 Å². The van der Waals surface area contributed by atoms with Gasteiger partial charge in [-0.3, -0.25) is 9.59 Å². The van der Waals surface area contributed by atoms with Crippen LogP contribution in [0.25, 0.3) is 0 Å². The lowest BCUT2D eigenvalue weighted by molar-refractivity contribution is -0.140. The zero-order valence-corrected chi connectivity index (χ0v) is 13.5. The van der Waals surface area contributed by atoms with Gasteiger partial charge in [-0.1, -0.05) is 12.5 Å². The normalized spacial score (nSPS) is 28.6. The van der Waals surface area contributed by atoms with Crippen LogP contribution in [0.3, 0.4) is 0 Å². The number of piperidine rings is 1. The van der Waals surface area contributed by atoms with E-state index in [1.807, 2.05) is 41.4 Å². The second-order valence-electron chi connectivity index (χ2n) is 6.41. The monoisotopic (exact) mass is 306 g/mol. The summed E-state index contributed by atoms with van der Waals surface area (Å²) in [6, 6.07) is 4.09. The lowest BCUT2D eigenvalue weighted by Gasteiger charge is -2.46. The van der Waals surface area contributed by atoms with Crippen molar-refractivity contribution in [2.24, 2.45) is 5.41 Å². The molecule has 1 aliphatic carbocycles. The summed E-state index contributed by atoms with van der Waals surface area (Å²) in [5.41, 5.74) is 0.102. The van der Waals surface area contributed by atoms with E-state index in [-0.39, 0.29) is 17.2 Å². The van der Waals surface area contributed by atoms with Crippen LogP contribution >= 0.6 is 11.3 Å². The summed E-state index contributed by atoms with van der Waals surface area (Å²) in [7, 11) is 3.82. The fourth-order valence-electron chi connectivity index (χ4n) is 4.12. The molecule has 1 aromatic rings. The molecule has 1 saturated carbocycles. The number of hydrogen-bond acceptors (Lipinski definition) is 3. The van der Waals surface area contributed by atoms with E-state index in [1.54, 1.807) is 0 Å².